The maximum Gasteiger partial charge on any atom is 0.262 e. The maximum atomic E-state index is 13.3. The zero-order chi connectivity index (χ0) is 21.8. The Morgan fingerprint density at radius 2 is 1.90 bits per heavy atom. The number of carbonyl (C=O) groups excluding carboxylic acids is 4. The van der Waals surface area contributed by atoms with Crippen LogP contribution >= 0.6 is 0 Å². The molecule has 3 fully saturated rings. The lowest BCUT2D eigenvalue weighted by Crippen LogP contribution is -2.54. The Morgan fingerprint density at radius 1 is 1.10 bits per heavy atom. The first-order valence-electron chi connectivity index (χ1n) is 11.2. The van der Waals surface area contributed by atoms with Crippen molar-refractivity contribution in [2.45, 2.75) is 63.6 Å². The number of amides is 4. The number of imide groups is 2. The molecule has 4 N–H and O–H groups in total. The Kier molecular flexibility index (Phi) is 4.94. The van der Waals surface area contributed by atoms with Crippen LogP contribution in [0.3, 0.4) is 0 Å². The summed E-state index contributed by atoms with van der Waals surface area (Å²) in [5, 5.41) is 5.92. The van der Waals surface area contributed by atoms with Gasteiger partial charge in [-0.25, -0.2) is 0 Å². The quantitative estimate of drug-likeness (QED) is 0.608. The van der Waals surface area contributed by atoms with E-state index >= 15 is 0 Å². The molecule has 2 saturated carbocycles. The van der Waals surface area contributed by atoms with E-state index in [2.05, 4.69) is 10.6 Å². The summed E-state index contributed by atoms with van der Waals surface area (Å²) < 4.78 is 0. The molecule has 3 unspecified atom stereocenters. The van der Waals surface area contributed by atoms with E-state index in [0.29, 0.717) is 41.6 Å². The lowest BCUT2D eigenvalue weighted by atomic mass is 9.64. The normalized spacial score (nSPS) is 29.3. The third-order valence-electron chi connectivity index (χ3n) is 7.86. The first-order chi connectivity index (χ1) is 14.9. The van der Waals surface area contributed by atoms with E-state index in [4.69, 9.17) is 5.73 Å². The number of piperidine rings is 1. The van der Waals surface area contributed by atoms with Gasteiger partial charge in [-0.2, -0.15) is 0 Å². The molecule has 8 heteroatoms. The monoisotopic (exact) mass is 424 g/mol. The number of benzene rings is 1. The minimum atomic E-state index is -0.944. The standard InChI is InChI=1S/C23H28N4O4/c24-11-13-7-10-23(8-2-9-23)19(13)25-12-14-3-1-4-15-18(14)22(31)27(21(15)30)16-5-6-17(28)26-20(16)29/h1,3-4,13,16,19,25H,2,5-12,24H2,(H,26,28,29). The van der Waals surface area contributed by atoms with Crippen molar-refractivity contribution >= 4 is 23.6 Å². The molecule has 2 aliphatic carbocycles. The maximum absolute atomic E-state index is 13.3. The molecule has 2 heterocycles. The largest absolute Gasteiger partial charge is 0.330 e. The molecule has 1 spiro atoms. The van der Waals surface area contributed by atoms with Gasteiger partial charge >= 0.3 is 0 Å². The summed E-state index contributed by atoms with van der Waals surface area (Å²) in [7, 11) is 0. The van der Waals surface area contributed by atoms with Gasteiger partial charge in [0.05, 0.1) is 11.1 Å². The molecule has 0 aromatic heterocycles. The van der Waals surface area contributed by atoms with Gasteiger partial charge in [0, 0.05) is 19.0 Å². The Labute approximate surface area is 180 Å². The highest BCUT2D eigenvalue weighted by atomic mass is 16.2. The fourth-order valence-corrected chi connectivity index (χ4v) is 6.08. The molecule has 31 heavy (non-hydrogen) atoms. The van der Waals surface area contributed by atoms with Crippen molar-refractivity contribution in [3.63, 3.8) is 0 Å². The molecule has 1 aromatic rings. The Morgan fingerprint density at radius 3 is 2.58 bits per heavy atom. The van der Waals surface area contributed by atoms with Crippen LogP contribution in [0.15, 0.2) is 18.2 Å². The molecule has 1 saturated heterocycles. The molecular formula is C23H28N4O4. The number of rotatable bonds is 5. The van der Waals surface area contributed by atoms with E-state index in [-0.39, 0.29) is 18.7 Å². The fraction of sp³-hybridized carbons (Fsp3) is 0.565. The van der Waals surface area contributed by atoms with Gasteiger partial charge in [0.25, 0.3) is 11.8 Å². The van der Waals surface area contributed by atoms with Crippen LogP contribution in [0.25, 0.3) is 0 Å². The topological polar surface area (TPSA) is 122 Å². The first kappa shape index (κ1) is 20.3. The Bertz CT molecular complexity index is 970. The molecule has 164 valence electrons. The first-order valence-corrected chi connectivity index (χ1v) is 11.2. The van der Waals surface area contributed by atoms with Gasteiger partial charge in [0.2, 0.25) is 11.8 Å². The molecule has 3 atom stereocenters. The van der Waals surface area contributed by atoms with E-state index in [1.165, 1.54) is 25.7 Å². The van der Waals surface area contributed by atoms with Crippen LogP contribution in [-0.4, -0.2) is 47.2 Å². The lowest BCUT2D eigenvalue weighted by Gasteiger charge is -2.45. The van der Waals surface area contributed by atoms with Crippen molar-refractivity contribution < 1.29 is 19.2 Å². The molecular weight excluding hydrogens is 396 g/mol. The van der Waals surface area contributed by atoms with E-state index in [9.17, 15) is 19.2 Å². The van der Waals surface area contributed by atoms with E-state index in [0.717, 1.165) is 16.9 Å². The second-order valence-corrected chi connectivity index (χ2v) is 9.40. The number of hydrogen-bond acceptors (Lipinski definition) is 6. The summed E-state index contributed by atoms with van der Waals surface area (Å²) in [5.41, 5.74) is 7.82. The average molecular weight is 425 g/mol. The van der Waals surface area contributed by atoms with Crippen LogP contribution < -0.4 is 16.4 Å². The predicted molar refractivity (Wildman–Crippen MR) is 112 cm³/mol. The van der Waals surface area contributed by atoms with Gasteiger partial charge < -0.3 is 11.1 Å². The molecule has 0 bridgehead atoms. The number of nitrogens with zero attached hydrogens (tertiary/aromatic N) is 1. The molecule has 1 aromatic carbocycles. The minimum absolute atomic E-state index is 0.114. The van der Waals surface area contributed by atoms with Crippen LogP contribution in [0.4, 0.5) is 0 Å². The van der Waals surface area contributed by atoms with Crippen molar-refractivity contribution in [1.29, 1.82) is 0 Å². The van der Waals surface area contributed by atoms with Crippen LogP contribution in [0.2, 0.25) is 0 Å². The summed E-state index contributed by atoms with van der Waals surface area (Å²) in [6.07, 6.45) is 6.28. The molecule has 4 amide bonds. The van der Waals surface area contributed by atoms with Gasteiger partial charge in [0.1, 0.15) is 6.04 Å². The van der Waals surface area contributed by atoms with Crippen LogP contribution in [0.1, 0.15) is 71.2 Å². The number of nitrogens with one attached hydrogen (secondary N) is 2. The second kappa shape index (κ2) is 7.53. The Balaban J connectivity index is 1.38. The highest BCUT2D eigenvalue weighted by molar-refractivity contribution is 6.24. The SMILES string of the molecule is NCC1CCC2(CCC2)C1NCc1cccc2c1C(=O)N(C1CCC(=O)NC1=O)C2=O. The van der Waals surface area contributed by atoms with E-state index in [1.54, 1.807) is 12.1 Å². The molecule has 2 aliphatic heterocycles. The predicted octanol–water partition coefficient (Wildman–Crippen LogP) is 1.08. The van der Waals surface area contributed by atoms with Gasteiger partial charge in [-0.15, -0.1) is 0 Å². The molecule has 5 rings (SSSR count). The van der Waals surface area contributed by atoms with Crippen LogP contribution in [0.5, 0.6) is 0 Å². The summed E-state index contributed by atoms with van der Waals surface area (Å²) >= 11 is 0. The third-order valence-corrected chi connectivity index (χ3v) is 7.86. The van der Waals surface area contributed by atoms with Gasteiger partial charge in [0.15, 0.2) is 0 Å². The molecule has 0 radical (unpaired) electrons. The number of nitrogens with two attached hydrogens (primary N) is 1. The average Bonchev–Trinajstić information content (AvgIpc) is 3.23. The molecule has 8 nitrogen and oxygen atoms in total. The third kappa shape index (κ3) is 3.11. The van der Waals surface area contributed by atoms with Crippen LogP contribution in [0, 0.1) is 11.3 Å². The zero-order valence-corrected chi connectivity index (χ0v) is 17.5. The molecule has 4 aliphatic rings. The highest BCUT2D eigenvalue weighted by Crippen LogP contribution is 2.55. The van der Waals surface area contributed by atoms with Gasteiger partial charge in [-0.1, -0.05) is 18.6 Å². The second-order valence-electron chi connectivity index (χ2n) is 9.40. The number of hydrogen-bond donors (Lipinski definition) is 3. The summed E-state index contributed by atoms with van der Waals surface area (Å²) in [6.45, 7) is 1.13. The van der Waals surface area contributed by atoms with Gasteiger partial charge in [-0.05, 0) is 61.6 Å². The summed E-state index contributed by atoms with van der Waals surface area (Å²) in [6, 6.07) is 4.66. The van der Waals surface area contributed by atoms with Crippen molar-refractivity contribution in [3.8, 4) is 0 Å². The van der Waals surface area contributed by atoms with Crippen molar-refractivity contribution in [3.05, 3.63) is 34.9 Å². The van der Waals surface area contributed by atoms with E-state index in [1.807, 2.05) is 6.07 Å². The zero-order valence-electron chi connectivity index (χ0n) is 17.5. The fourth-order valence-electron chi connectivity index (χ4n) is 6.08. The van der Waals surface area contributed by atoms with Crippen molar-refractivity contribution in [1.82, 2.24) is 15.5 Å². The van der Waals surface area contributed by atoms with Crippen LogP contribution in [-0.2, 0) is 16.1 Å². The van der Waals surface area contributed by atoms with E-state index < -0.39 is 23.8 Å². The smallest absolute Gasteiger partial charge is 0.262 e. The Hall–Kier alpha value is -2.58. The number of fused-ring (bicyclic) bond motifs is 1. The van der Waals surface area contributed by atoms with Gasteiger partial charge in [-0.3, -0.25) is 29.4 Å². The summed E-state index contributed by atoms with van der Waals surface area (Å²) in [4.78, 5) is 51.1. The van der Waals surface area contributed by atoms with Crippen molar-refractivity contribution in [2.75, 3.05) is 6.54 Å². The highest BCUT2D eigenvalue weighted by Gasteiger charge is 2.51. The van der Waals surface area contributed by atoms with Crippen molar-refractivity contribution in [2.24, 2.45) is 17.1 Å². The summed E-state index contributed by atoms with van der Waals surface area (Å²) in [5.74, 6) is -1.46. The minimum Gasteiger partial charge on any atom is -0.330 e. The lowest BCUT2D eigenvalue weighted by molar-refractivity contribution is -0.136. The number of carbonyl (C=O) groups is 4.